The van der Waals surface area contributed by atoms with E-state index in [2.05, 4.69) is 10.6 Å². The average Bonchev–Trinajstić information content (AvgIpc) is 2.47. The second kappa shape index (κ2) is 10.9. The first kappa shape index (κ1) is 23.2. The lowest BCUT2D eigenvalue weighted by Crippen LogP contribution is -2.53. The molecule has 0 saturated heterocycles. The molecular formula is C17H32N2O6. The second-order valence-corrected chi connectivity index (χ2v) is 7.19. The van der Waals surface area contributed by atoms with Gasteiger partial charge in [-0.3, -0.25) is 4.79 Å². The number of carbonyl (C=O) groups excluding carboxylic acids is 3. The molecule has 25 heavy (non-hydrogen) atoms. The van der Waals surface area contributed by atoms with Gasteiger partial charge in [0, 0.05) is 20.1 Å². The Kier molecular flexibility index (Phi) is 10.1. The van der Waals surface area contributed by atoms with E-state index >= 15 is 0 Å². The van der Waals surface area contributed by atoms with Gasteiger partial charge in [-0.25, -0.2) is 9.59 Å². The van der Waals surface area contributed by atoms with Crippen molar-refractivity contribution in [3.05, 3.63) is 0 Å². The number of rotatable bonds is 9. The predicted molar refractivity (Wildman–Crippen MR) is 93.1 cm³/mol. The Morgan fingerprint density at radius 1 is 1.00 bits per heavy atom. The first-order valence-corrected chi connectivity index (χ1v) is 8.36. The molecule has 2 amide bonds. The Labute approximate surface area is 150 Å². The van der Waals surface area contributed by atoms with Gasteiger partial charge in [-0.05, 0) is 33.1 Å². The highest BCUT2D eigenvalue weighted by Crippen LogP contribution is 2.10. The van der Waals surface area contributed by atoms with E-state index in [1.165, 1.54) is 14.2 Å². The van der Waals surface area contributed by atoms with E-state index in [4.69, 9.17) is 14.2 Å². The quantitative estimate of drug-likeness (QED) is 0.606. The molecule has 8 nitrogen and oxygen atoms in total. The Balaban J connectivity index is 5.01. The summed E-state index contributed by atoms with van der Waals surface area (Å²) in [4.78, 5) is 36.3. The van der Waals surface area contributed by atoms with Gasteiger partial charge in [0.1, 0.15) is 17.7 Å². The Morgan fingerprint density at radius 2 is 1.60 bits per heavy atom. The zero-order chi connectivity index (χ0) is 19.6. The summed E-state index contributed by atoms with van der Waals surface area (Å²) in [7, 11) is 2.75. The third-order valence-corrected chi connectivity index (χ3v) is 3.13. The number of hydrogen-bond acceptors (Lipinski definition) is 6. The van der Waals surface area contributed by atoms with Gasteiger partial charge in [-0.15, -0.1) is 0 Å². The summed E-state index contributed by atoms with van der Waals surface area (Å²) < 4.78 is 14.8. The van der Waals surface area contributed by atoms with Crippen LogP contribution in [0.1, 0.15) is 47.5 Å². The molecular weight excluding hydrogens is 328 g/mol. The van der Waals surface area contributed by atoms with Gasteiger partial charge in [0.15, 0.2) is 0 Å². The molecule has 0 heterocycles. The van der Waals surface area contributed by atoms with Crippen molar-refractivity contribution in [2.75, 3.05) is 20.8 Å². The Morgan fingerprint density at radius 3 is 2.04 bits per heavy atom. The second-order valence-electron chi connectivity index (χ2n) is 7.19. The van der Waals surface area contributed by atoms with Crippen LogP contribution in [0.2, 0.25) is 0 Å². The van der Waals surface area contributed by atoms with Crippen LogP contribution in [0.15, 0.2) is 0 Å². The Bertz CT molecular complexity index is 445. The van der Waals surface area contributed by atoms with Gasteiger partial charge in [0.05, 0.1) is 7.11 Å². The topological polar surface area (TPSA) is 103 Å². The van der Waals surface area contributed by atoms with Gasteiger partial charge in [-0.1, -0.05) is 13.8 Å². The number of esters is 1. The first-order valence-electron chi connectivity index (χ1n) is 8.36. The number of carbonyl (C=O) groups is 3. The molecule has 2 N–H and O–H groups in total. The molecule has 2 unspecified atom stereocenters. The van der Waals surface area contributed by atoms with Gasteiger partial charge in [0.25, 0.3) is 0 Å². The van der Waals surface area contributed by atoms with E-state index in [0.717, 1.165) is 0 Å². The van der Waals surface area contributed by atoms with Crippen molar-refractivity contribution in [3.8, 4) is 0 Å². The molecule has 0 bridgehead atoms. The summed E-state index contributed by atoms with van der Waals surface area (Å²) in [6, 6.07) is -1.66. The maximum Gasteiger partial charge on any atom is 0.408 e. The zero-order valence-corrected chi connectivity index (χ0v) is 16.3. The summed E-state index contributed by atoms with van der Waals surface area (Å²) in [5.41, 5.74) is -0.671. The fourth-order valence-electron chi connectivity index (χ4n) is 2.05. The molecule has 0 spiro atoms. The monoisotopic (exact) mass is 360 g/mol. The lowest BCUT2D eigenvalue weighted by atomic mass is 10.0. The maximum absolute atomic E-state index is 12.5. The van der Waals surface area contributed by atoms with Crippen LogP contribution >= 0.6 is 0 Å². The van der Waals surface area contributed by atoms with E-state index in [1.54, 1.807) is 20.8 Å². The standard InChI is InChI=1S/C17H32N2O6/c1-11(2)10-13(19-16(22)25-17(3,4)5)14(20)18-12(8-9-23-6)15(21)24-7/h11-13H,8-10H2,1-7H3,(H,18,20)(H,19,22). The van der Waals surface area contributed by atoms with Crippen molar-refractivity contribution in [2.45, 2.75) is 65.1 Å². The van der Waals surface area contributed by atoms with Crippen LogP contribution in [0.25, 0.3) is 0 Å². The largest absolute Gasteiger partial charge is 0.467 e. The highest BCUT2D eigenvalue weighted by Gasteiger charge is 2.29. The summed E-state index contributed by atoms with van der Waals surface area (Å²) in [6.07, 6.45) is -0.00117. The third-order valence-electron chi connectivity index (χ3n) is 3.13. The number of amides is 2. The third kappa shape index (κ3) is 10.6. The van der Waals surface area contributed by atoms with Gasteiger partial charge >= 0.3 is 12.1 Å². The summed E-state index contributed by atoms with van der Waals surface area (Å²) in [5.74, 6) is -0.877. The van der Waals surface area contributed by atoms with Crippen molar-refractivity contribution in [1.82, 2.24) is 10.6 Å². The molecule has 0 saturated carbocycles. The van der Waals surface area contributed by atoms with Crippen LogP contribution in [0.4, 0.5) is 4.79 Å². The number of hydrogen-bond donors (Lipinski definition) is 2. The van der Waals surface area contributed by atoms with E-state index in [9.17, 15) is 14.4 Å². The van der Waals surface area contributed by atoms with Crippen LogP contribution in [0.5, 0.6) is 0 Å². The number of nitrogens with one attached hydrogen (secondary N) is 2. The van der Waals surface area contributed by atoms with E-state index in [1.807, 2.05) is 13.8 Å². The fraction of sp³-hybridized carbons (Fsp3) is 0.824. The number of alkyl carbamates (subject to hydrolysis) is 1. The summed E-state index contributed by atoms with van der Waals surface area (Å²) in [6.45, 7) is 9.36. The Hall–Kier alpha value is -1.83. The van der Waals surface area contributed by atoms with Gasteiger partial charge < -0.3 is 24.8 Å². The maximum atomic E-state index is 12.5. The molecule has 0 aromatic carbocycles. The molecule has 0 fully saturated rings. The van der Waals surface area contributed by atoms with Gasteiger partial charge in [-0.2, -0.15) is 0 Å². The van der Waals surface area contributed by atoms with E-state index in [-0.39, 0.29) is 18.9 Å². The lowest BCUT2D eigenvalue weighted by molar-refractivity contribution is -0.145. The molecule has 0 aromatic heterocycles. The van der Waals surface area contributed by atoms with Crippen LogP contribution in [-0.4, -0.2) is 56.5 Å². The minimum absolute atomic E-state index is 0.154. The molecule has 0 rings (SSSR count). The molecule has 0 aliphatic carbocycles. The normalized spacial score (nSPS) is 13.8. The highest BCUT2D eigenvalue weighted by atomic mass is 16.6. The van der Waals surface area contributed by atoms with Crippen molar-refractivity contribution >= 4 is 18.0 Å². The zero-order valence-electron chi connectivity index (χ0n) is 16.3. The summed E-state index contributed by atoms with van der Waals surface area (Å²) in [5, 5.41) is 5.18. The van der Waals surface area contributed by atoms with Crippen LogP contribution in [-0.2, 0) is 23.8 Å². The molecule has 2 atom stereocenters. The smallest absolute Gasteiger partial charge is 0.408 e. The van der Waals surface area contributed by atoms with Crippen LogP contribution in [0, 0.1) is 5.92 Å². The highest BCUT2D eigenvalue weighted by molar-refractivity contribution is 5.89. The van der Waals surface area contributed by atoms with Crippen LogP contribution < -0.4 is 10.6 Å². The molecule has 0 aliphatic heterocycles. The van der Waals surface area contributed by atoms with Crippen LogP contribution in [0.3, 0.4) is 0 Å². The van der Waals surface area contributed by atoms with E-state index in [0.29, 0.717) is 6.42 Å². The lowest BCUT2D eigenvalue weighted by Gasteiger charge is -2.25. The first-order chi connectivity index (χ1) is 11.5. The molecule has 0 aliphatic rings. The van der Waals surface area contributed by atoms with Crippen molar-refractivity contribution in [2.24, 2.45) is 5.92 Å². The van der Waals surface area contributed by atoms with Crippen molar-refractivity contribution in [3.63, 3.8) is 0 Å². The predicted octanol–water partition coefficient (Wildman–Crippen LogP) is 1.62. The number of ether oxygens (including phenoxy) is 3. The molecule has 0 aromatic rings. The summed E-state index contributed by atoms with van der Waals surface area (Å²) >= 11 is 0. The fourth-order valence-corrected chi connectivity index (χ4v) is 2.05. The number of methoxy groups -OCH3 is 2. The van der Waals surface area contributed by atoms with Gasteiger partial charge in [0.2, 0.25) is 5.91 Å². The van der Waals surface area contributed by atoms with Crippen molar-refractivity contribution in [1.29, 1.82) is 0 Å². The molecule has 0 radical (unpaired) electrons. The van der Waals surface area contributed by atoms with E-state index < -0.39 is 35.7 Å². The van der Waals surface area contributed by atoms with Crippen molar-refractivity contribution < 1.29 is 28.6 Å². The minimum atomic E-state index is -0.840. The minimum Gasteiger partial charge on any atom is -0.467 e. The average molecular weight is 360 g/mol. The molecule has 8 heteroatoms. The molecule has 146 valence electrons. The SMILES string of the molecule is COCCC(NC(=O)C(CC(C)C)NC(=O)OC(C)(C)C)C(=O)OC.